The average Bonchev–Trinajstić information content (AvgIpc) is 2.44. The number of esters is 1. The Kier molecular flexibility index (Phi) is 6.96. The van der Waals surface area contributed by atoms with Crippen LogP contribution in [0.15, 0.2) is 18.2 Å². The predicted octanol–water partition coefficient (Wildman–Crippen LogP) is 4.08. The van der Waals surface area contributed by atoms with Crippen LogP contribution in [0.3, 0.4) is 0 Å². The third kappa shape index (κ3) is 6.72. The number of benzene rings is 1. The highest BCUT2D eigenvalue weighted by atomic mass is 19.1. The first kappa shape index (κ1) is 20.9. The molecule has 1 aromatic rings. The first-order valence-corrected chi connectivity index (χ1v) is 8.36. The van der Waals surface area contributed by atoms with Crippen LogP contribution in [0.25, 0.3) is 0 Å². The molecule has 0 unspecified atom stereocenters. The molecule has 3 atom stereocenters. The van der Waals surface area contributed by atoms with Crippen molar-refractivity contribution in [3.8, 4) is 0 Å². The molecule has 1 N–H and O–H groups in total. The lowest BCUT2D eigenvalue weighted by Gasteiger charge is -2.24. The Labute approximate surface area is 148 Å². The number of nitrogens with one attached hydrogen (secondary N) is 1. The summed E-state index contributed by atoms with van der Waals surface area (Å²) in [4.78, 5) is 23.8. The van der Waals surface area contributed by atoms with E-state index < -0.39 is 29.8 Å². The van der Waals surface area contributed by atoms with Gasteiger partial charge in [-0.25, -0.2) is 14.0 Å². The molecule has 0 aliphatic rings. The van der Waals surface area contributed by atoms with Gasteiger partial charge in [0.05, 0.1) is 0 Å². The van der Waals surface area contributed by atoms with Gasteiger partial charge in [0.25, 0.3) is 0 Å². The summed E-state index contributed by atoms with van der Waals surface area (Å²) in [6.07, 6.45) is -1.24. The van der Waals surface area contributed by atoms with Crippen molar-refractivity contribution in [1.82, 2.24) is 5.32 Å². The molecule has 0 saturated heterocycles. The molecule has 1 amide bonds. The van der Waals surface area contributed by atoms with E-state index in [1.54, 1.807) is 40.7 Å². The van der Waals surface area contributed by atoms with Crippen molar-refractivity contribution < 1.29 is 23.5 Å². The highest BCUT2D eigenvalue weighted by molar-refractivity contribution is 5.81. The zero-order valence-electron chi connectivity index (χ0n) is 16.0. The lowest BCUT2D eigenvalue weighted by atomic mass is 9.95. The van der Waals surface area contributed by atoms with E-state index in [2.05, 4.69) is 5.32 Å². The minimum Gasteiger partial charge on any atom is -0.461 e. The van der Waals surface area contributed by atoms with Crippen molar-refractivity contribution in [2.24, 2.45) is 0 Å². The summed E-state index contributed by atoms with van der Waals surface area (Å²) < 4.78 is 24.5. The lowest BCUT2D eigenvalue weighted by molar-refractivity contribution is -0.151. The van der Waals surface area contributed by atoms with Gasteiger partial charge in [-0.1, -0.05) is 19.1 Å². The van der Waals surface area contributed by atoms with Crippen molar-refractivity contribution in [3.63, 3.8) is 0 Å². The van der Waals surface area contributed by atoms with Crippen molar-refractivity contribution in [2.75, 3.05) is 0 Å². The van der Waals surface area contributed by atoms with Gasteiger partial charge in [0.1, 0.15) is 23.6 Å². The maximum Gasteiger partial charge on any atom is 0.408 e. The smallest absolute Gasteiger partial charge is 0.408 e. The first-order valence-electron chi connectivity index (χ1n) is 8.36. The van der Waals surface area contributed by atoms with Gasteiger partial charge in [-0.3, -0.25) is 0 Å². The van der Waals surface area contributed by atoms with E-state index in [4.69, 9.17) is 9.47 Å². The summed E-state index contributed by atoms with van der Waals surface area (Å²) in [5.74, 6) is -1.24. The van der Waals surface area contributed by atoms with Crippen LogP contribution in [-0.4, -0.2) is 29.8 Å². The molecule has 1 rings (SSSR count). The van der Waals surface area contributed by atoms with E-state index in [1.165, 1.54) is 13.0 Å². The highest BCUT2D eigenvalue weighted by Gasteiger charge is 2.26. The fourth-order valence-electron chi connectivity index (χ4n) is 2.18. The fraction of sp³-hybridized carbons (Fsp3) is 0.579. The second-order valence-corrected chi connectivity index (χ2v) is 7.32. The Hall–Kier alpha value is -2.11. The van der Waals surface area contributed by atoms with E-state index in [0.29, 0.717) is 5.56 Å². The Morgan fingerprint density at radius 2 is 1.76 bits per heavy atom. The third-order valence-corrected chi connectivity index (χ3v) is 3.74. The second kappa shape index (κ2) is 8.32. The van der Waals surface area contributed by atoms with Gasteiger partial charge in [0.15, 0.2) is 0 Å². The Morgan fingerprint density at radius 3 is 2.28 bits per heavy atom. The second-order valence-electron chi connectivity index (χ2n) is 7.32. The van der Waals surface area contributed by atoms with Gasteiger partial charge in [0.2, 0.25) is 0 Å². The van der Waals surface area contributed by atoms with Gasteiger partial charge < -0.3 is 14.8 Å². The highest BCUT2D eigenvalue weighted by Crippen LogP contribution is 2.25. The molecule has 0 aromatic heterocycles. The van der Waals surface area contributed by atoms with Crippen molar-refractivity contribution in [2.45, 2.75) is 72.1 Å². The van der Waals surface area contributed by atoms with Crippen molar-refractivity contribution >= 4 is 12.1 Å². The van der Waals surface area contributed by atoms with E-state index >= 15 is 0 Å². The number of carbonyl (C=O) groups is 2. The molecule has 0 bridgehead atoms. The van der Waals surface area contributed by atoms with Crippen molar-refractivity contribution in [1.29, 1.82) is 0 Å². The summed E-state index contributed by atoms with van der Waals surface area (Å²) in [5.41, 5.74) is 0.658. The predicted molar refractivity (Wildman–Crippen MR) is 93.9 cm³/mol. The molecule has 0 saturated carbocycles. The molecule has 6 heteroatoms. The van der Waals surface area contributed by atoms with Crippen LogP contribution in [-0.2, 0) is 14.3 Å². The van der Waals surface area contributed by atoms with Crippen LogP contribution in [0, 0.1) is 12.7 Å². The average molecular weight is 353 g/mol. The largest absolute Gasteiger partial charge is 0.461 e. The molecule has 0 radical (unpaired) electrons. The van der Waals surface area contributed by atoms with E-state index in [0.717, 1.165) is 5.56 Å². The molecule has 5 nitrogen and oxygen atoms in total. The molecule has 140 valence electrons. The van der Waals surface area contributed by atoms with Gasteiger partial charge in [-0.15, -0.1) is 0 Å². The van der Waals surface area contributed by atoms with Gasteiger partial charge in [0, 0.05) is 5.92 Å². The number of ether oxygens (including phenoxy) is 2. The molecular weight excluding hydrogens is 325 g/mol. The van der Waals surface area contributed by atoms with Gasteiger partial charge >= 0.3 is 12.1 Å². The topological polar surface area (TPSA) is 64.6 Å². The first-order chi connectivity index (χ1) is 11.4. The van der Waals surface area contributed by atoms with E-state index in [1.807, 2.05) is 13.0 Å². The number of hydrogen-bond acceptors (Lipinski definition) is 4. The third-order valence-electron chi connectivity index (χ3n) is 3.74. The number of aryl methyl sites for hydroxylation is 1. The molecule has 0 fully saturated rings. The Morgan fingerprint density at radius 1 is 1.16 bits per heavy atom. The fourth-order valence-corrected chi connectivity index (χ4v) is 2.18. The summed E-state index contributed by atoms with van der Waals surface area (Å²) in [6, 6.07) is 4.10. The van der Waals surface area contributed by atoms with Crippen molar-refractivity contribution in [3.05, 3.63) is 35.1 Å². The number of carbonyl (C=O) groups excluding carboxylic acids is 2. The van der Waals surface area contributed by atoms with Gasteiger partial charge in [-0.05, 0) is 58.7 Å². The summed E-state index contributed by atoms with van der Waals surface area (Å²) >= 11 is 0. The zero-order chi connectivity index (χ0) is 19.4. The normalized spacial score (nSPS) is 15.0. The standard InChI is InChI=1S/C19H28FNO4/c1-11-8-9-15(16(20)10-11)12(2)14(4)24-17(22)13(3)21-18(23)25-19(5,6)7/h8-10,12-14H,1-7H3,(H,21,23)/t12-,13-,14-/m0/s1. The van der Waals surface area contributed by atoms with E-state index in [9.17, 15) is 14.0 Å². The zero-order valence-corrected chi connectivity index (χ0v) is 16.0. The van der Waals surface area contributed by atoms with Crippen LogP contribution >= 0.6 is 0 Å². The minimum absolute atomic E-state index is 0.321. The van der Waals surface area contributed by atoms with Crippen LogP contribution < -0.4 is 5.32 Å². The molecule has 0 heterocycles. The summed E-state index contributed by atoms with van der Waals surface area (Å²) in [6.45, 7) is 12.0. The Balaban J connectivity index is 2.64. The molecule has 0 aliphatic heterocycles. The minimum atomic E-state index is -0.868. The molecular formula is C19H28FNO4. The van der Waals surface area contributed by atoms with Crippen LogP contribution in [0.2, 0.25) is 0 Å². The van der Waals surface area contributed by atoms with Crippen LogP contribution in [0.5, 0.6) is 0 Å². The van der Waals surface area contributed by atoms with E-state index in [-0.39, 0.29) is 11.7 Å². The number of rotatable bonds is 5. The maximum atomic E-state index is 14.1. The van der Waals surface area contributed by atoms with Crippen LogP contribution in [0.4, 0.5) is 9.18 Å². The lowest BCUT2D eigenvalue weighted by Crippen LogP contribution is -2.43. The quantitative estimate of drug-likeness (QED) is 0.810. The molecule has 1 aromatic carbocycles. The summed E-state index contributed by atoms with van der Waals surface area (Å²) in [7, 11) is 0. The number of alkyl carbamates (subject to hydrolysis) is 1. The molecule has 0 aliphatic carbocycles. The number of hydrogen-bond donors (Lipinski definition) is 1. The van der Waals surface area contributed by atoms with Crippen LogP contribution in [0.1, 0.15) is 58.6 Å². The SMILES string of the molecule is Cc1ccc([C@@H](C)[C@H](C)OC(=O)[C@H](C)NC(=O)OC(C)(C)C)c(F)c1. The maximum absolute atomic E-state index is 14.1. The Bertz CT molecular complexity index is 624. The molecule has 25 heavy (non-hydrogen) atoms. The van der Waals surface area contributed by atoms with Gasteiger partial charge in [-0.2, -0.15) is 0 Å². The summed E-state index contributed by atoms with van der Waals surface area (Å²) in [5, 5.41) is 2.43. The number of halogens is 1. The molecule has 0 spiro atoms. The number of amides is 1. The monoisotopic (exact) mass is 353 g/mol.